The molecule has 0 unspecified atom stereocenters. The molecule has 23 heavy (non-hydrogen) atoms. The summed E-state index contributed by atoms with van der Waals surface area (Å²) in [5, 5.41) is 5.65. The van der Waals surface area contributed by atoms with E-state index in [0.29, 0.717) is 17.6 Å². The molecule has 0 saturated heterocycles. The molecule has 0 aliphatic rings. The van der Waals surface area contributed by atoms with Crippen molar-refractivity contribution in [3.63, 3.8) is 0 Å². The minimum absolute atomic E-state index is 0.283. The average molecular weight is 326 g/mol. The van der Waals surface area contributed by atoms with E-state index < -0.39 is 5.97 Å². The van der Waals surface area contributed by atoms with E-state index in [-0.39, 0.29) is 5.56 Å². The topological polar surface area (TPSA) is 77.0 Å². The van der Waals surface area contributed by atoms with Gasteiger partial charge >= 0.3 is 5.97 Å². The fourth-order valence-corrected chi connectivity index (χ4v) is 2.68. The minimum Gasteiger partial charge on any atom is -0.462 e. The zero-order valence-electron chi connectivity index (χ0n) is 12.4. The smallest absolute Gasteiger partial charge is 0.343 e. The monoisotopic (exact) mass is 326 g/mol. The van der Waals surface area contributed by atoms with E-state index in [4.69, 9.17) is 4.74 Å². The molecule has 116 valence electrons. The van der Waals surface area contributed by atoms with Gasteiger partial charge in [0.2, 0.25) is 0 Å². The molecule has 0 atom stereocenters. The summed E-state index contributed by atoms with van der Waals surface area (Å²) in [6.07, 6.45) is 2.80. The first-order chi connectivity index (χ1) is 11.3. The molecule has 2 aromatic heterocycles. The molecule has 3 aromatic rings. The third-order valence-corrected chi connectivity index (χ3v) is 3.76. The fraction of sp³-hybridized carbons (Fsp3) is 0.125. The molecule has 0 aliphatic heterocycles. The number of anilines is 2. The van der Waals surface area contributed by atoms with Gasteiger partial charge in [0.15, 0.2) is 5.13 Å². The molecule has 0 fully saturated rings. The van der Waals surface area contributed by atoms with E-state index in [1.54, 1.807) is 6.92 Å². The Morgan fingerprint density at radius 2 is 2.13 bits per heavy atom. The maximum absolute atomic E-state index is 11.9. The van der Waals surface area contributed by atoms with Crippen molar-refractivity contribution in [2.75, 3.05) is 11.9 Å². The Labute approximate surface area is 137 Å². The van der Waals surface area contributed by atoms with Gasteiger partial charge in [-0.3, -0.25) is 0 Å². The Bertz CT molecular complexity index is 805. The summed E-state index contributed by atoms with van der Waals surface area (Å²) in [5.41, 5.74) is 2.18. The molecule has 0 spiro atoms. The molecule has 0 bridgehead atoms. The van der Waals surface area contributed by atoms with Crippen LogP contribution in [0.25, 0.3) is 11.3 Å². The minimum atomic E-state index is -0.463. The standard InChI is InChI=1S/C16H14N4O2S/c1-2-22-15(21)12-8-17-10-18-14(12)20-16-19-13(9-23-16)11-6-4-3-5-7-11/h3-10H,2H2,1H3,(H,17,18,19,20). The van der Waals surface area contributed by atoms with Crippen molar-refractivity contribution >= 4 is 28.3 Å². The van der Waals surface area contributed by atoms with Crippen molar-refractivity contribution in [2.45, 2.75) is 6.92 Å². The molecule has 0 radical (unpaired) electrons. The summed E-state index contributed by atoms with van der Waals surface area (Å²) in [6.45, 7) is 2.05. The molecule has 1 aromatic carbocycles. The first-order valence-corrected chi connectivity index (χ1v) is 7.91. The molecular formula is C16H14N4O2S. The highest BCUT2D eigenvalue weighted by Crippen LogP contribution is 2.27. The van der Waals surface area contributed by atoms with Crippen molar-refractivity contribution in [1.82, 2.24) is 15.0 Å². The Hall–Kier alpha value is -2.80. The Kier molecular flexibility index (Phi) is 4.58. The molecular weight excluding hydrogens is 312 g/mol. The molecule has 3 rings (SSSR count). The molecule has 0 aliphatic carbocycles. The van der Waals surface area contributed by atoms with Crippen LogP contribution in [0.5, 0.6) is 0 Å². The summed E-state index contributed by atoms with van der Waals surface area (Å²) in [6, 6.07) is 9.87. The number of thiazole rings is 1. The molecule has 7 heteroatoms. The van der Waals surface area contributed by atoms with Crippen LogP contribution in [0, 0.1) is 0 Å². The second-order valence-corrected chi connectivity index (χ2v) is 5.39. The molecule has 0 amide bonds. The van der Waals surface area contributed by atoms with Crippen LogP contribution in [-0.2, 0) is 4.74 Å². The van der Waals surface area contributed by atoms with Crippen molar-refractivity contribution in [3.05, 3.63) is 53.8 Å². The van der Waals surface area contributed by atoms with Gasteiger partial charge < -0.3 is 10.1 Å². The van der Waals surface area contributed by atoms with Crippen LogP contribution in [-0.4, -0.2) is 27.5 Å². The van der Waals surface area contributed by atoms with Crippen molar-refractivity contribution in [2.24, 2.45) is 0 Å². The largest absolute Gasteiger partial charge is 0.462 e. The van der Waals surface area contributed by atoms with Crippen LogP contribution in [0.4, 0.5) is 10.9 Å². The zero-order valence-corrected chi connectivity index (χ0v) is 13.2. The molecule has 0 saturated carbocycles. The lowest BCUT2D eigenvalue weighted by Gasteiger charge is -2.07. The molecule has 6 nitrogen and oxygen atoms in total. The predicted octanol–water partition coefficient (Wildman–Crippen LogP) is 3.52. The van der Waals surface area contributed by atoms with E-state index in [0.717, 1.165) is 11.3 Å². The highest BCUT2D eigenvalue weighted by molar-refractivity contribution is 7.14. The second-order valence-electron chi connectivity index (χ2n) is 4.53. The van der Waals surface area contributed by atoms with E-state index >= 15 is 0 Å². The second kappa shape index (κ2) is 6.97. The van der Waals surface area contributed by atoms with Gasteiger partial charge in [-0.25, -0.2) is 19.7 Å². The summed E-state index contributed by atoms with van der Waals surface area (Å²) >= 11 is 1.44. The zero-order chi connectivity index (χ0) is 16.1. The van der Waals surface area contributed by atoms with Gasteiger partial charge in [0, 0.05) is 17.1 Å². The first-order valence-electron chi connectivity index (χ1n) is 7.03. The van der Waals surface area contributed by atoms with Gasteiger partial charge in [-0.2, -0.15) is 0 Å². The molecule has 2 heterocycles. The summed E-state index contributed by atoms with van der Waals surface area (Å²) < 4.78 is 5.00. The Morgan fingerprint density at radius 1 is 1.30 bits per heavy atom. The van der Waals surface area contributed by atoms with Gasteiger partial charge in [-0.1, -0.05) is 30.3 Å². The highest BCUT2D eigenvalue weighted by Gasteiger charge is 2.15. The number of ether oxygens (including phenoxy) is 1. The first kappa shape index (κ1) is 15.1. The maximum atomic E-state index is 11.9. The van der Waals surface area contributed by atoms with Crippen LogP contribution in [0.15, 0.2) is 48.2 Å². The summed E-state index contributed by atoms with van der Waals surface area (Å²) in [5.74, 6) is -0.0807. The van der Waals surface area contributed by atoms with Gasteiger partial charge in [-0.15, -0.1) is 11.3 Å². The lowest BCUT2D eigenvalue weighted by Crippen LogP contribution is -2.09. The summed E-state index contributed by atoms with van der Waals surface area (Å²) in [4.78, 5) is 24.4. The average Bonchev–Trinajstić information content (AvgIpc) is 3.05. The lowest BCUT2D eigenvalue weighted by molar-refractivity contribution is 0.0526. The third kappa shape index (κ3) is 3.51. The summed E-state index contributed by atoms with van der Waals surface area (Å²) in [7, 11) is 0. The van der Waals surface area contributed by atoms with Crippen molar-refractivity contribution in [1.29, 1.82) is 0 Å². The van der Waals surface area contributed by atoms with E-state index in [1.807, 2.05) is 35.7 Å². The number of nitrogens with one attached hydrogen (secondary N) is 1. The Balaban J connectivity index is 1.83. The van der Waals surface area contributed by atoms with Crippen LogP contribution < -0.4 is 5.32 Å². The lowest BCUT2D eigenvalue weighted by atomic mass is 10.2. The predicted molar refractivity (Wildman–Crippen MR) is 88.8 cm³/mol. The Morgan fingerprint density at radius 3 is 2.91 bits per heavy atom. The van der Waals surface area contributed by atoms with E-state index in [2.05, 4.69) is 20.3 Å². The van der Waals surface area contributed by atoms with Gasteiger partial charge in [0.1, 0.15) is 17.7 Å². The fourth-order valence-electron chi connectivity index (χ4n) is 1.96. The van der Waals surface area contributed by atoms with Crippen LogP contribution in [0.1, 0.15) is 17.3 Å². The van der Waals surface area contributed by atoms with Crippen LogP contribution >= 0.6 is 11.3 Å². The number of aromatic nitrogens is 3. The van der Waals surface area contributed by atoms with E-state index in [1.165, 1.54) is 23.9 Å². The third-order valence-electron chi connectivity index (χ3n) is 3.01. The quantitative estimate of drug-likeness (QED) is 0.723. The van der Waals surface area contributed by atoms with E-state index in [9.17, 15) is 4.79 Å². The number of hydrogen-bond donors (Lipinski definition) is 1. The number of benzene rings is 1. The number of carbonyl (C=O) groups excluding carboxylic acids is 1. The molecule has 1 N–H and O–H groups in total. The normalized spacial score (nSPS) is 10.3. The number of esters is 1. The number of carbonyl (C=O) groups is 1. The van der Waals surface area contributed by atoms with Gasteiger partial charge in [-0.05, 0) is 6.92 Å². The van der Waals surface area contributed by atoms with Crippen LogP contribution in [0.3, 0.4) is 0 Å². The highest BCUT2D eigenvalue weighted by atomic mass is 32.1. The number of nitrogens with zero attached hydrogens (tertiary/aromatic N) is 3. The maximum Gasteiger partial charge on any atom is 0.343 e. The van der Waals surface area contributed by atoms with Crippen molar-refractivity contribution < 1.29 is 9.53 Å². The SMILES string of the molecule is CCOC(=O)c1cncnc1Nc1nc(-c2ccccc2)cs1. The van der Waals surface area contributed by atoms with Gasteiger partial charge in [0.25, 0.3) is 0 Å². The van der Waals surface area contributed by atoms with Crippen molar-refractivity contribution in [3.8, 4) is 11.3 Å². The van der Waals surface area contributed by atoms with Crippen LogP contribution in [0.2, 0.25) is 0 Å². The number of rotatable bonds is 5. The van der Waals surface area contributed by atoms with Gasteiger partial charge in [0.05, 0.1) is 12.3 Å². The number of hydrogen-bond acceptors (Lipinski definition) is 7.